The summed E-state index contributed by atoms with van der Waals surface area (Å²) in [6, 6.07) is 5.54. The van der Waals surface area contributed by atoms with Gasteiger partial charge in [0.15, 0.2) is 0 Å². The van der Waals surface area contributed by atoms with E-state index in [0.29, 0.717) is 29.6 Å². The summed E-state index contributed by atoms with van der Waals surface area (Å²) in [7, 11) is 3.63. The van der Waals surface area contributed by atoms with Crippen LogP contribution in [-0.2, 0) is 0 Å². The van der Waals surface area contributed by atoms with Gasteiger partial charge in [0.1, 0.15) is 5.75 Å². The lowest BCUT2D eigenvalue weighted by Gasteiger charge is -2.20. The number of amides is 1. The summed E-state index contributed by atoms with van der Waals surface area (Å²) < 4.78 is 5.10. The lowest BCUT2D eigenvalue weighted by Crippen LogP contribution is -2.31. The number of nitrogen functional groups attached to an aromatic ring is 1. The van der Waals surface area contributed by atoms with Gasteiger partial charge in [-0.3, -0.25) is 4.79 Å². The molecule has 0 aromatic heterocycles. The molecule has 0 fully saturated rings. The van der Waals surface area contributed by atoms with Crippen molar-refractivity contribution in [2.45, 2.75) is 26.3 Å². The summed E-state index contributed by atoms with van der Waals surface area (Å²) in [5.41, 5.74) is 6.78. The van der Waals surface area contributed by atoms with Crippen LogP contribution in [0.25, 0.3) is 0 Å². The molecule has 112 valence electrons. The smallest absolute Gasteiger partial charge is 0.251 e. The van der Waals surface area contributed by atoms with Crippen LogP contribution in [0.1, 0.15) is 30.6 Å². The lowest BCUT2D eigenvalue weighted by atomic mass is 10.1. The summed E-state index contributed by atoms with van der Waals surface area (Å²) in [5.74, 6) is 0.470. The van der Waals surface area contributed by atoms with Gasteiger partial charge in [-0.05, 0) is 46.0 Å². The first-order valence-corrected chi connectivity index (χ1v) is 6.87. The second-order valence-electron chi connectivity index (χ2n) is 5.18. The molecule has 1 amide bonds. The zero-order valence-electron chi connectivity index (χ0n) is 12.8. The third-order valence-electron chi connectivity index (χ3n) is 3.28. The molecule has 0 spiro atoms. The van der Waals surface area contributed by atoms with E-state index in [0.717, 1.165) is 13.0 Å². The molecule has 0 aliphatic heterocycles. The Morgan fingerprint density at radius 2 is 2.10 bits per heavy atom. The summed E-state index contributed by atoms with van der Waals surface area (Å²) in [4.78, 5) is 14.3. The maximum atomic E-state index is 12.0. The second-order valence-corrected chi connectivity index (χ2v) is 5.18. The third-order valence-corrected chi connectivity index (χ3v) is 3.28. The van der Waals surface area contributed by atoms with E-state index in [1.807, 2.05) is 0 Å². The molecule has 1 aromatic rings. The molecule has 0 radical (unpaired) electrons. The molecule has 5 nitrogen and oxygen atoms in total. The SMILES string of the molecule is COc1cc(N)cc(C(=O)NCCCN(C)C(C)C)c1. The largest absolute Gasteiger partial charge is 0.497 e. The zero-order valence-corrected chi connectivity index (χ0v) is 12.8. The number of ether oxygens (including phenoxy) is 1. The maximum Gasteiger partial charge on any atom is 0.251 e. The molecule has 1 aromatic carbocycles. The van der Waals surface area contributed by atoms with E-state index in [4.69, 9.17) is 10.5 Å². The van der Waals surface area contributed by atoms with Crippen molar-refractivity contribution in [2.75, 3.05) is 33.0 Å². The number of rotatable bonds is 7. The fourth-order valence-electron chi connectivity index (χ4n) is 1.76. The highest BCUT2D eigenvalue weighted by Gasteiger charge is 2.08. The molecule has 0 saturated carbocycles. The van der Waals surface area contributed by atoms with E-state index in [1.54, 1.807) is 25.3 Å². The fraction of sp³-hybridized carbons (Fsp3) is 0.533. The summed E-state index contributed by atoms with van der Waals surface area (Å²) >= 11 is 0. The van der Waals surface area contributed by atoms with Gasteiger partial charge in [-0.25, -0.2) is 0 Å². The highest BCUT2D eigenvalue weighted by atomic mass is 16.5. The Morgan fingerprint density at radius 3 is 2.70 bits per heavy atom. The lowest BCUT2D eigenvalue weighted by molar-refractivity contribution is 0.0951. The number of carbonyl (C=O) groups is 1. The van der Waals surface area contributed by atoms with E-state index in [-0.39, 0.29) is 5.91 Å². The first-order chi connectivity index (χ1) is 9.43. The molecule has 0 bridgehead atoms. The Hall–Kier alpha value is -1.75. The van der Waals surface area contributed by atoms with Crippen LogP contribution in [0.4, 0.5) is 5.69 Å². The van der Waals surface area contributed by atoms with E-state index >= 15 is 0 Å². The Balaban J connectivity index is 2.45. The van der Waals surface area contributed by atoms with Crippen molar-refractivity contribution in [1.82, 2.24) is 10.2 Å². The number of nitrogens with zero attached hydrogens (tertiary/aromatic N) is 1. The minimum Gasteiger partial charge on any atom is -0.497 e. The maximum absolute atomic E-state index is 12.0. The van der Waals surface area contributed by atoms with Gasteiger partial charge in [0.05, 0.1) is 7.11 Å². The number of nitrogens with one attached hydrogen (secondary N) is 1. The quantitative estimate of drug-likeness (QED) is 0.589. The molecule has 0 aliphatic rings. The van der Waals surface area contributed by atoms with Gasteiger partial charge in [-0.1, -0.05) is 0 Å². The predicted molar refractivity (Wildman–Crippen MR) is 82.1 cm³/mol. The normalized spacial score (nSPS) is 10.9. The first-order valence-electron chi connectivity index (χ1n) is 6.87. The Morgan fingerprint density at radius 1 is 1.40 bits per heavy atom. The van der Waals surface area contributed by atoms with Crippen molar-refractivity contribution < 1.29 is 9.53 Å². The fourth-order valence-corrected chi connectivity index (χ4v) is 1.76. The molecule has 20 heavy (non-hydrogen) atoms. The molecule has 1 rings (SSSR count). The van der Waals surface area contributed by atoms with Crippen LogP contribution >= 0.6 is 0 Å². The summed E-state index contributed by atoms with van der Waals surface area (Å²) in [6.07, 6.45) is 0.917. The minimum absolute atomic E-state index is 0.122. The van der Waals surface area contributed by atoms with Crippen LogP contribution < -0.4 is 15.8 Å². The first kappa shape index (κ1) is 16.3. The number of nitrogens with two attached hydrogens (primary N) is 1. The highest BCUT2D eigenvalue weighted by molar-refractivity contribution is 5.95. The highest BCUT2D eigenvalue weighted by Crippen LogP contribution is 2.18. The van der Waals surface area contributed by atoms with E-state index in [1.165, 1.54) is 0 Å². The van der Waals surface area contributed by atoms with Crippen LogP contribution in [0, 0.1) is 0 Å². The number of carbonyl (C=O) groups excluding carboxylic acids is 1. The van der Waals surface area contributed by atoms with Gasteiger partial charge in [-0.15, -0.1) is 0 Å². The second kappa shape index (κ2) is 7.75. The zero-order chi connectivity index (χ0) is 15.1. The molecular weight excluding hydrogens is 254 g/mol. The summed E-state index contributed by atoms with van der Waals surface area (Å²) in [6.45, 7) is 5.90. The van der Waals surface area contributed by atoms with Crippen LogP contribution in [0.5, 0.6) is 5.75 Å². The van der Waals surface area contributed by atoms with Gasteiger partial charge in [0, 0.05) is 29.9 Å². The van der Waals surface area contributed by atoms with Crippen molar-refractivity contribution in [1.29, 1.82) is 0 Å². The molecule has 0 aliphatic carbocycles. The van der Waals surface area contributed by atoms with Crippen molar-refractivity contribution in [3.63, 3.8) is 0 Å². The molecular formula is C15H25N3O2. The van der Waals surface area contributed by atoms with Crippen LogP contribution in [0.3, 0.4) is 0 Å². The van der Waals surface area contributed by atoms with Crippen molar-refractivity contribution in [2.24, 2.45) is 0 Å². The van der Waals surface area contributed by atoms with Crippen LogP contribution in [0.2, 0.25) is 0 Å². The monoisotopic (exact) mass is 279 g/mol. The van der Waals surface area contributed by atoms with Gasteiger partial charge < -0.3 is 20.7 Å². The van der Waals surface area contributed by atoms with E-state index < -0.39 is 0 Å². The third kappa shape index (κ3) is 5.09. The van der Waals surface area contributed by atoms with Gasteiger partial charge in [0.25, 0.3) is 5.91 Å². The van der Waals surface area contributed by atoms with Crippen LogP contribution in [0.15, 0.2) is 18.2 Å². The van der Waals surface area contributed by atoms with Gasteiger partial charge in [-0.2, -0.15) is 0 Å². The van der Waals surface area contributed by atoms with Crippen molar-refractivity contribution in [3.05, 3.63) is 23.8 Å². The molecule has 0 unspecified atom stereocenters. The molecule has 0 heterocycles. The number of benzene rings is 1. The van der Waals surface area contributed by atoms with Gasteiger partial charge in [0.2, 0.25) is 0 Å². The summed E-state index contributed by atoms with van der Waals surface area (Å²) in [5, 5.41) is 2.90. The molecule has 0 atom stereocenters. The van der Waals surface area contributed by atoms with Crippen LogP contribution in [-0.4, -0.2) is 44.1 Å². The number of hydrogen-bond donors (Lipinski definition) is 2. The Labute approximate surface area is 121 Å². The number of methoxy groups -OCH3 is 1. The minimum atomic E-state index is -0.122. The Bertz CT molecular complexity index is 447. The standard InChI is InChI=1S/C15H25N3O2/c1-11(2)18(3)7-5-6-17-15(19)12-8-13(16)10-14(9-12)20-4/h8-11H,5-7,16H2,1-4H3,(H,17,19). The van der Waals surface area contributed by atoms with E-state index in [9.17, 15) is 4.79 Å². The predicted octanol–water partition coefficient (Wildman–Crippen LogP) is 1.74. The van der Waals surface area contributed by atoms with Crippen molar-refractivity contribution >= 4 is 11.6 Å². The van der Waals surface area contributed by atoms with E-state index in [2.05, 4.69) is 31.1 Å². The number of hydrogen-bond acceptors (Lipinski definition) is 4. The molecule has 3 N–H and O–H groups in total. The molecule has 0 saturated heterocycles. The Kier molecular flexibility index (Phi) is 6.31. The molecule has 5 heteroatoms. The van der Waals surface area contributed by atoms with Gasteiger partial charge >= 0.3 is 0 Å². The topological polar surface area (TPSA) is 67.6 Å². The average Bonchev–Trinajstić information content (AvgIpc) is 2.42. The van der Waals surface area contributed by atoms with Crippen molar-refractivity contribution in [3.8, 4) is 5.75 Å². The number of anilines is 1. The average molecular weight is 279 g/mol.